The summed E-state index contributed by atoms with van der Waals surface area (Å²) in [6.07, 6.45) is 8.64. The lowest BCUT2D eigenvalue weighted by atomic mass is 9.46. The number of ether oxygens (including phenoxy) is 1. The highest BCUT2D eigenvalue weighted by Crippen LogP contribution is 2.67. The van der Waals surface area contributed by atoms with Crippen LogP contribution in [0.1, 0.15) is 73.3 Å². The lowest BCUT2D eigenvalue weighted by molar-refractivity contribution is -0.384. The van der Waals surface area contributed by atoms with Crippen molar-refractivity contribution in [3.05, 3.63) is 117 Å². The molecule has 3 unspecified atom stereocenters. The lowest BCUT2D eigenvalue weighted by Gasteiger charge is -2.58. The van der Waals surface area contributed by atoms with Crippen molar-refractivity contribution < 1.29 is 28.5 Å². The fourth-order valence-electron chi connectivity index (χ4n) is 9.90. The van der Waals surface area contributed by atoms with E-state index < -0.39 is 27.3 Å². The minimum absolute atomic E-state index is 0.000723. The summed E-state index contributed by atoms with van der Waals surface area (Å²) in [5.41, 5.74) is 1.88. The highest BCUT2D eigenvalue weighted by molar-refractivity contribution is 5.95. The van der Waals surface area contributed by atoms with Gasteiger partial charge in [-0.2, -0.15) is 5.10 Å². The SMILES string of the molecule is C[C@]12Cc3cnn(-c4ccc([N+](=O)[O-])cc4)c3C=C1CCC1C2C(=O)C[C@@]2(C)C1CC[C@]2(OC(=O)c1ccco1)C(=O)NCc1ccccc1. The van der Waals surface area contributed by atoms with E-state index in [1.165, 1.54) is 30.0 Å². The van der Waals surface area contributed by atoms with Gasteiger partial charge in [-0.1, -0.05) is 49.8 Å². The van der Waals surface area contributed by atoms with Crippen LogP contribution in [0.3, 0.4) is 0 Å². The summed E-state index contributed by atoms with van der Waals surface area (Å²) in [7, 11) is 0. The fourth-order valence-corrected chi connectivity index (χ4v) is 9.90. The van der Waals surface area contributed by atoms with E-state index in [0.29, 0.717) is 19.3 Å². The van der Waals surface area contributed by atoms with E-state index in [-0.39, 0.29) is 53.9 Å². The van der Waals surface area contributed by atoms with Gasteiger partial charge in [0.1, 0.15) is 5.78 Å². The van der Waals surface area contributed by atoms with E-state index in [9.17, 15) is 24.5 Å². The normalized spacial score (nSPS) is 29.5. The predicted octanol–water partition coefficient (Wildman–Crippen LogP) is 6.65. The van der Waals surface area contributed by atoms with Crippen LogP contribution < -0.4 is 5.32 Å². The maximum absolute atomic E-state index is 14.7. The van der Waals surface area contributed by atoms with Gasteiger partial charge >= 0.3 is 5.97 Å². The summed E-state index contributed by atoms with van der Waals surface area (Å²) >= 11 is 0. The van der Waals surface area contributed by atoms with Gasteiger partial charge in [0.25, 0.3) is 11.6 Å². The van der Waals surface area contributed by atoms with Gasteiger partial charge in [0, 0.05) is 41.8 Å². The molecule has 3 fully saturated rings. The number of amides is 1. The largest absolute Gasteiger partial charge is 0.457 e. The van der Waals surface area contributed by atoms with Crippen LogP contribution in [-0.4, -0.2) is 38.0 Å². The molecule has 0 spiro atoms. The first-order valence-corrected chi connectivity index (χ1v) is 17.2. The number of nitrogens with zero attached hydrogens (tertiary/aromatic N) is 3. The standard InChI is InChI=1S/C39H38N4O7/c1-37-20-25-23-41-42(27-11-13-28(14-12-27)43(47)48)31(25)19-26(37)10-15-29-30-16-17-39(38(30,2)21-32(44)34(29)37,50-35(45)33-9-6-18-49-33)36(46)40-22-24-7-4-3-5-8-24/h3-9,11-14,18-19,23,29-30,34H,10,15-17,20-22H2,1-2H3,(H,40,46)/t29?,30?,34?,37-,38-,39-/m0/s1. The molecule has 1 amide bonds. The molecule has 0 radical (unpaired) electrons. The van der Waals surface area contributed by atoms with Crippen LogP contribution in [0, 0.1) is 38.7 Å². The number of hydrogen-bond donors (Lipinski definition) is 1. The Morgan fingerprint density at radius 3 is 2.56 bits per heavy atom. The van der Waals surface area contributed by atoms with Crippen LogP contribution in [0.2, 0.25) is 0 Å². The second kappa shape index (κ2) is 11.6. The average molecular weight is 675 g/mol. The van der Waals surface area contributed by atoms with Crippen LogP contribution in [0.5, 0.6) is 0 Å². The Hall–Kier alpha value is -5.32. The van der Waals surface area contributed by atoms with E-state index >= 15 is 0 Å². The molecule has 1 N–H and O–H groups in total. The number of nitro benzene ring substituents is 1. The first-order valence-electron chi connectivity index (χ1n) is 17.2. The number of rotatable bonds is 7. The number of ketones is 1. The minimum Gasteiger partial charge on any atom is -0.457 e. The summed E-state index contributed by atoms with van der Waals surface area (Å²) in [5.74, 6) is -1.29. The molecule has 3 saturated carbocycles. The number of Topliss-reactive ketones (excluding diaryl/α,β-unsaturated/α-hetero) is 1. The summed E-state index contributed by atoms with van der Waals surface area (Å²) in [6, 6.07) is 19.0. The van der Waals surface area contributed by atoms with Crippen molar-refractivity contribution in [2.45, 2.75) is 64.5 Å². The van der Waals surface area contributed by atoms with Crippen molar-refractivity contribution in [2.75, 3.05) is 0 Å². The molecule has 50 heavy (non-hydrogen) atoms. The van der Waals surface area contributed by atoms with Crippen molar-refractivity contribution in [3.8, 4) is 5.69 Å². The van der Waals surface area contributed by atoms with Gasteiger partial charge in [0.05, 0.1) is 28.8 Å². The molecular formula is C39H38N4O7. The molecular weight excluding hydrogens is 636 g/mol. The summed E-state index contributed by atoms with van der Waals surface area (Å²) < 4.78 is 13.5. The number of carbonyl (C=O) groups excluding carboxylic acids is 3. The van der Waals surface area contributed by atoms with E-state index in [1.807, 2.05) is 48.1 Å². The Kier molecular flexibility index (Phi) is 7.43. The highest BCUT2D eigenvalue weighted by atomic mass is 16.6. The Balaban J connectivity index is 1.11. The second-order valence-electron chi connectivity index (χ2n) is 14.8. The second-order valence-corrected chi connectivity index (χ2v) is 14.8. The molecule has 4 aliphatic carbocycles. The molecule has 4 aromatic rings. The number of benzene rings is 2. The Morgan fingerprint density at radius 2 is 1.84 bits per heavy atom. The van der Waals surface area contributed by atoms with E-state index in [4.69, 9.17) is 9.15 Å². The van der Waals surface area contributed by atoms with E-state index in [1.54, 1.807) is 18.2 Å². The first kappa shape index (κ1) is 31.9. The molecule has 2 aromatic carbocycles. The third-order valence-corrected chi connectivity index (χ3v) is 12.3. The van der Waals surface area contributed by atoms with E-state index in [0.717, 1.165) is 35.3 Å². The van der Waals surface area contributed by atoms with Gasteiger partial charge < -0.3 is 14.5 Å². The van der Waals surface area contributed by atoms with E-state index in [2.05, 4.69) is 23.4 Å². The number of carbonyl (C=O) groups is 3. The molecule has 2 aromatic heterocycles. The van der Waals surface area contributed by atoms with Gasteiger partial charge in [-0.3, -0.25) is 19.7 Å². The zero-order chi connectivity index (χ0) is 34.8. The number of hydrogen-bond acceptors (Lipinski definition) is 8. The molecule has 0 aliphatic heterocycles. The predicted molar refractivity (Wildman–Crippen MR) is 182 cm³/mol. The molecule has 11 nitrogen and oxygen atoms in total. The number of fused-ring (bicyclic) bond motifs is 6. The molecule has 6 atom stereocenters. The lowest BCUT2D eigenvalue weighted by Crippen LogP contribution is -2.63. The maximum atomic E-state index is 14.7. The molecule has 256 valence electrons. The Morgan fingerprint density at radius 1 is 1.06 bits per heavy atom. The smallest absolute Gasteiger partial charge is 0.375 e. The Bertz CT molecular complexity index is 2040. The van der Waals surface area contributed by atoms with Crippen molar-refractivity contribution in [1.82, 2.24) is 15.1 Å². The molecule has 11 heteroatoms. The van der Waals surface area contributed by atoms with Gasteiger partial charge in [0.2, 0.25) is 5.76 Å². The maximum Gasteiger partial charge on any atom is 0.375 e. The van der Waals surface area contributed by atoms with Gasteiger partial charge in [-0.15, -0.1) is 0 Å². The van der Waals surface area contributed by atoms with Crippen molar-refractivity contribution >= 4 is 29.4 Å². The number of aromatic nitrogens is 2. The van der Waals surface area contributed by atoms with Crippen molar-refractivity contribution in [1.29, 1.82) is 0 Å². The van der Waals surface area contributed by atoms with Crippen LogP contribution >= 0.6 is 0 Å². The van der Waals surface area contributed by atoms with Gasteiger partial charge in [-0.25, -0.2) is 9.48 Å². The third kappa shape index (κ3) is 4.77. The van der Waals surface area contributed by atoms with Crippen LogP contribution in [0.15, 0.2) is 89.2 Å². The van der Waals surface area contributed by atoms with Crippen LogP contribution in [0.4, 0.5) is 5.69 Å². The molecule has 8 rings (SSSR count). The van der Waals surface area contributed by atoms with Crippen LogP contribution in [-0.2, 0) is 27.3 Å². The highest BCUT2D eigenvalue weighted by Gasteiger charge is 2.71. The fraction of sp³-hybridized carbons (Fsp3) is 0.385. The molecule has 0 bridgehead atoms. The number of furan rings is 1. The van der Waals surface area contributed by atoms with Crippen LogP contribution in [0.25, 0.3) is 11.8 Å². The average Bonchev–Trinajstić information content (AvgIpc) is 3.85. The summed E-state index contributed by atoms with van der Waals surface area (Å²) in [6.45, 7) is 4.42. The molecule has 4 aliphatic rings. The first-order chi connectivity index (χ1) is 24.0. The number of allylic oxidation sites excluding steroid dienone is 1. The quantitative estimate of drug-likeness (QED) is 0.130. The molecule has 2 heterocycles. The number of nitrogens with one attached hydrogen (secondary N) is 1. The number of nitro groups is 1. The number of non-ortho nitro benzene ring substituents is 1. The van der Waals surface area contributed by atoms with Crippen molar-refractivity contribution in [3.63, 3.8) is 0 Å². The minimum atomic E-state index is -1.56. The van der Waals surface area contributed by atoms with Gasteiger partial charge in [0.15, 0.2) is 5.60 Å². The summed E-state index contributed by atoms with van der Waals surface area (Å²) in [4.78, 5) is 53.4. The zero-order valence-electron chi connectivity index (χ0n) is 28.0. The monoisotopic (exact) mass is 674 g/mol. The zero-order valence-corrected chi connectivity index (χ0v) is 28.0. The topological polar surface area (TPSA) is 147 Å². The summed E-state index contributed by atoms with van der Waals surface area (Å²) in [5, 5.41) is 18.9. The third-order valence-electron chi connectivity index (χ3n) is 12.3. The van der Waals surface area contributed by atoms with Gasteiger partial charge in [-0.05, 0) is 85.4 Å². The Labute approximate surface area is 288 Å². The van der Waals surface area contributed by atoms with Crippen molar-refractivity contribution in [2.24, 2.45) is 28.6 Å². The molecule has 0 saturated heterocycles. The number of esters is 1.